The summed E-state index contributed by atoms with van der Waals surface area (Å²) in [5.41, 5.74) is 8.17. The number of amidine groups is 1. The summed E-state index contributed by atoms with van der Waals surface area (Å²) in [6, 6.07) is 13.2. The summed E-state index contributed by atoms with van der Waals surface area (Å²) in [5.74, 6) is 2.31. The van der Waals surface area contributed by atoms with Gasteiger partial charge in [0.05, 0.1) is 7.11 Å². The number of anilines is 2. The zero-order chi connectivity index (χ0) is 15.5. The van der Waals surface area contributed by atoms with Crippen molar-refractivity contribution in [2.24, 2.45) is 4.99 Å². The van der Waals surface area contributed by atoms with Crippen LogP contribution in [0.2, 0.25) is 0 Å². The smallest absolute Gasteiger partial charge is 0.156 e. The second-order valence-corrected chi connectivity index (χ2v) is 5.10. The van der Waals surface area contributed by atoms with E-state index >= 15 is 0 Å². The highest BCUT2D eigenvalue weighted by atomic mass is 16.5. The highest BCUT2D eigenvalue weighted by Gasteiger charge is 2.23. The van der Waals surface area contributed by atoms with Gasteiger partial charge in [0.15, 0.2) is 6.10 Å². The summed E-state index contributed by atoms with van der Waals surface area (Å²) in [7, 11) is 1.65. The van der Waals surface area contributed by atoms with Gasteiger partial charge in [-0.05, 0) is 30.7 Å². The van der Waals surface area contributed by atoms with Crippen molar-refractivity contribution in [1.82, 2.24) is 0 Å². The number of hydrogen-bond donors (Lipinski definition) is 2. The van der Waals surface area contributed by atoms with E-state index in [1.54, 1.807) is 7.11 Å². The second-order valence-electron chi connectivity index (χ2n) is 5.10. The first-order valence-corrected chi connectivity index (χ1v) is 7.25. The minimum atomic E-state index is -0.125. The van der Waals surface area contributed by atoms with Crippen LogP contribution in [0.1, 0.15) is 13.3 Å². The van der Waals surface area contributed by atoms with Crippen LogP contribution in [0, 0.1) is 0 Å². The van der Waals surface area contributed by atoms with Crippen LogP contribution in [-0.2, 0) is 0 Å². The average molecular weight is 297 g/mol. The monoisotopic (exact) mass is 297 g/mol. The number of benzene rings is 2. The molecule has 0 aromatic heterocycles. The molecule has 0 saturated heterocycles. The number of nitrogen functional groups attached to an aromatic ring is 1. The van der Waals surface area contributed by atoms with Crippen molar-refractivity contribution < 1.29 is 9.47 Å². The third-order valence-electron chi connectivity index (χ3n) is 3.51. The highest BCUT2D eigenvalue weighted by Crippen LogP contribution is 2.35. The molecule has 0 saturated carbocycles. The Labute approximate surface area is 129 Å². The van der Waals surface area contributed by atoms with Crippen LogP contribution >= 0.6 is 0 Å². The third kappa shape index (κ3) is 2.83. The van der Waals surface area contributed by atoms with Gasteiger partial charge in [-0.2, -0.15) is 0 Å². The topological polar surface area (TPSA) is 68.9 Å². The number of nitrogens with one attached hydrogen (secondary N) is 1. The largest absolute Gasteiger partial charge is 0.497 e. The van der Waals surface area contributed by atoms with Crippen LogP contribution in [0.15, 0.2) is 47.5 Å². The lowest BCUT2D eigenvalue weighted by atomic mass is 10.1. The summed E-state index contributed by atoms with van der Waals surface area (Å²) < 4.78 is 11.2. The Morgan fingerprint density at radius 3 is 2.91 bits per heavy atom. The highest BCUT2D eigenvalue weighted by molar-refractivity contribution is 6.02. The molecule has 1 atom stereocenters. The Morgan fingerprint density at radius 1 is 1.27 bits per heavy atom. The Hall–Kier alpha value is -2.69. The second kappa shape index (κ2) is 5.97. The summed E-state index contributed by atoms with van der Waals surface area (Å²) >= 11 is 0. The maximum atomic E-state index is 6.00. The van der Waals surface area contributed by atoms with Gasteiger partial charge >= 0.3 is 0 Å². The molecular formula is C17H19N3O2. The Morgan fingerprint density at radius 2 is 2.14 bits per heavy atom. The van der Waals surface area contributed by atoms with Crippen molar-refractivity contribution in [3.8, 4) is 11.5 Å². The standard InChI is InChI=1S/C17H19N3O2/c1-3-15-17(19-12-5-4-6-13(10-12)21-2)20-14-8-7-11(18)9-16(14)22-15/h4-10,15H,3,18H2,1-2H3,(H,19,20). The van der Waals surface area contributed by atoms with Crippen molar-refractivity contribution in [3.63, 3.8) is 0 Å². The van der Waals surface area contributed by atoms with Gasteiger partial charge in [-0.3, -0.25) is 0 Å². The molecule has 1 unspecified atom stereocenters. The molecule has 5 heteroatoms. The third-order valence-corrected chi connectivity index (χ3v) is 3.51. The van der Waals surface area contributed by atoms with E-state index in [4.69, 9.17) is 15.2 Å². The Bertz CT molecular complexity index is 713. The molecule has 114 valence electrons. The van der Waals surface area contributed by atoms with Crippen LogP contribution in [0.5, 0.6) is 11.5 Å². The van der Waals surface area contributed by atoms with E-state index in [0.717, 1.165) is 35.1 Å². The predicted octanol–water partition coefficient (Wildman–Crippen LogP) is 3.59. The van der Waals surface area contributed by atoms with Crippen LogP contribution in [0.4, 0.5) is 17.1 Å². The molecule has 22 heavy (non-hydrogen) atoms. The summed E-state index contributed by atoms with van der Waals surface area (Å²) in [4.78, 5) is 4.67. The van der Waals surface area contributed by atoms with E-state index in [9.17, 15) is 0 Å². The molecule has 0 fully saturated rings. The van der Waals surface area contributed by atoms with Crippen molar-refractivity contribution in [1.29, 1.82) is 0 Å². The number of rotatable bonds is 3. The van der Waals surface area contributed by atoms with Gasteiger partial charge in [0.25, 0.3) is 0 Å². The van der Waals surface area contributed by atoms with Gasteiger partial charge in [-0.25, -0.2) is 4.99 Å². The molecule has 5 nitrogen and oxygen atoms in total. The molecule has 3 rings (SSSR count). The number of aliphatic imine (C=N–C) groups is 1. The van der Waals surface area contributed by atoms with E-state index in [2.05, 4.69) is 17.2 Å². The van der Waals surface area contributed by atoms with Crippen LogP contribution in [0.25, 0.3) is 0 Å². The summed E-state index contributed by atoms with van der Waals surface area (Å²) in [6.45, 7) is 2.06. The molecular weight excluding hydrogens is 278 g/mol. The van der Waals surface area contributed by atoms with Gasteiger partial charge in [0.1, 0.15) is 23.0 Å². The molecule has 2 aromatic carbocycles. The van der Waals surface area contributed by atoms with Crippen molar-refractivity contribution in [2.75, 3.05) is 18.2 Å². The van der Waals surface area contributed by atoms with Gasteiger partial charge in [0, 0.05) is 23.5 Å². The lowest BCUT2D eigenvalue weighted by Gasteiger charge is -2.26. The molecule has 3 N–H and O–H groups in total. The number of ether oxygens (including phenoxy) is 2. The zero-order valence-electron chi connectivity index (χ0n) is 12.7. The van der Waals surface area contributed by atoms with Crippen molar-refractivity contribution in [3.05, 3.63) is 42.5 Å². The van der Waals surface area contributed by atoms with E-state index in [1.165, 1.54) is 0 Å². The number of hydrogen-bond acceptors (Lipinski definition) is 5. The van der Waals surface area contributed by atoms with Crippen molar-refractivity contribution >= 4 is 22.9 Å². The zero-order valence-corrected chi connectivity index (χ0v) is 12.7. The molecule has 0 bridgehead atoms. The van der Waals surface area contributed by atoms with E-state index < -0.39 is 0 Å². The van der Waals surface area contributed by atoms with Crippen LogP contribution < -0.4 is 20.5 Å². The molecule has 1 heterocycles. The van der Waals surface area contributed by atoms with Gasteiger partial charge < -0.3 is 20.5 Å². The Kier molecular flexibility index (Phi) is 3.87. The van der Waals surface area contributed by atoms with Gasteiger partial charge in [-0.1, -0.05) is 13.0 Å². The Balaban J connectivity index is 1.91. The van der Waals surface area contributed by atoms with Gasteiger partial charge in [-0.15, -0.1) is 0 Å². The normalized spacial score (nSPS) is 16.3. The van der Waals surface area contributed by atoms with Crippen molar-refractivity contribution in [2.45, 2.75) is 19.4 Å². The maximum absolute atomic E-state index is 6.00. The molecule has 1 aliphatic heterocycles. The average Bonchev–Trinajstić information content (AvgIpc) is 2.54. The molecule has 1 aliphatic rings. The molecule has 0 amide bonds. The predicted molar refractivity (Wildman–Crippen MR) is 89.3 cm³/mol. The molecule has 0 aliphatic carbocycles. The van der Waals surface area contributed by atoms with Crippen LogP contribution in [-0.4, -0.2) is 19.0 Å². The molecule has 2 aromatic rings. The number of methoxy groups -OCH3 is 1. The lowest BCUT2D eigenvalue weighted by molar-refractivity contribution is 0.259. The first kappa shape index (κ1) is 14.3. The van der Waals surface area contributed by atoms with Gasteiger partial charge in [0.2, 0.25) is 0 Å². The molecule has 0 radical (unpaired) electrons. The first-order valence-electron chi connectivity index (χ1n) is 7.25. The first-order chi connectivity index (χ1) is 10.7. The van der Waals surface area contributed by atoms with E-state index in [0.29, 0.717) is 5.69 Å². The van der Waals surface area contributed by atoms with E-state index in [-0.39, 0.29) is 6.10 Å². The lowest BCUT2D eigenvalue weighted by Crippen LogP contribution is -2.34. The maximum Gasteiger partial charge on any atom is 0.156 e. The minimum absolute atomic E-state index is 0.125. The fraction of sp³-hybridized carbons (Fsp3) is 0.235. The van der Waals surface area contributed by atoms with E-state index in [1.807, 2.05) is 42.5 Å². The SMILES string of the molecule is CCC1Oc2cc(N)ccc2N=C1Nc1cccc(OC)c1. The fourth-order valence-electron chi connectivity index (χ4n) is 2.36. The molecule has 0 spiro atoms. The minimum Gasteiger partial charge on any atom is -0.497 e. The quantitative estimate of drug-likeness (QED) is 0.849. The fourth-order valence-corrected chi connectivity index (χ4v) is 2.36. The number of nitrogens with two attached hydrogens (primary N) is 1. The number of nitrogens with zero attached hydrogens (tertiary/aromatic N) is 1. The summed E-state index contributed by atoms with van der Waals surface area (Å²) in [5, 5.41) is 3.33. The number of fused-ring (bicyclic) bond motifs is 1. The van der Waals surface area contributed by atoms with Crippen LogP contribution in [0.3, 0.4) is 0 Å². The summed E-state index contributed by atoms with van der Waals surface area (Å²) in [6.07, 6.45) is 0.685.